The van der Waals surface area contributed by atoms with E-state index in [2.05, 4.69) is 56.8 Å². The largest absolute Gasteiger partial charge is 0.362 e. The fraction of sp³-hybridized carbons (Fsp3) is 0.903. The molecule has 13 atom stereocenters. The highest BCUT2D eigenvalue weighted by molar-refractivity contribution is 7.99. The summed E-state index contributed by atoms with van der Waals surface area (Å²) in [5.74, 6) is 0.502. The molecule has 0 aromatic carbocycles. The smallest absolute Gasteiger partial charge is 0.320 e. The Hall–Kier alpha value is -1.06. The SMILES string of the molecule is C=CCOCN1CCN(C2NC(=O)N3C4NC(C(F)CC42)C2C(F)CCCC2NCCSC2NCNC(C(C)C)C23)[C@H]2C[C@H]21. The second-order valence-corrected chi connectivity index (χ2v) is 15.5. The van der Waals surface area contributed by atoms with Crippen LogP contribution in [0.5, 0.6) is 0 Å². The van der Waals surface area contributed by atoms with Crippen LogP contribution in [0.25, 0.3) is 0 Å². The number of hydrogen-bond donors (Lipinski definition) is 5. The zero-order valence-electron chi connectivity index (χ0n) is 26.2. The van der Waals surface area contributed by atoms with E-state index in [0.29, 0.717) is 44.9 Å². The minimum Gasteiger partial charge on any atom is -0.362 e. The lowest BCUT2D eigenvalue weighted by Crippen LogP contribution is -2.81. The zero-order chi connectivity index (χ0) is 30.5. The number of carbonyl (C=O) groups is 1. The summed E-state index contributed by atoms with van der Waals surface area (Å²) < 4.78 is 38.1. The van der Waals surface area contributed by atoms with Gasteiger partial charge < -0.3 is 20.3 Å². The number of rotatable bonds is 6. The van der Waals surface area contributed by atoms with E-state index in [1.165, 1.54) is 0 Å². The van der Waals surface area contributed by atoms with Gasteiger partial charge in [0.05, 0.1) is 37.1 Å². The first-order valence-electron chi connectivity index (χ1n) is 17.0. The highest BCUT2D eigenvalue weighted by atomic mass is 32.2. The van der Waals surface area contributed by atoms with E-state index in [1.54, 1.807) is 6.08 Å². The molecule has 0 spiro atoms. The molecule has 11 unspecified atom stereocenters. The van der Waals surface area contributed by atoms with Gasteiger partial charge in [-0.3, -0.25) is 25.8 Å². The minimum absolute atomic E-state index is 0.0270. The second kappa shape index (κ2) is 13.2. The normalized spacial score (nSPS) is 46.5. The average molecular weight is 639 g/mol. The monoisotopic (exact) mass is 638 g/mol. The van der Waals surface area contributed by atoms with E-state index in [1.807, 2.05) is 16.7 Å². The molecule has 2 aliphatic carbocycles. The highest BCUT2D eigenvalue weighted by Crippen LogP contribution is 2.45. The van der Waals surface area contributed by atoms with Gasteiger partial charge in [0.15, 0.2) is 0 Å². The van der Waals surface area contributed by atoms with Gasteiger partial charge in [-0.15, -0.1) is 18.3 Å². The Morgan fingerprint density at radius 2 is 1.95 bits per heavy atom. The molecular weight excluding hydrogens is 586 g/mol. The molecule has 5 saturated heterocycles. The van der Waals surface area contributed by atoms with Crippen molar-refractivity contribution < 1.29 is 18.3 Å². The number of hydrogen-bond acceptors (Lipinski definition) is 9. The summed E-state index contributed by atoms with van der Waals surface area (Å²) in [6, 6.07) is -0.213. The first-order chi connectivity index (χ1) is 21.4. The Balaban J connectivity index is 1.21. The van der Waals surface area contributed by atoms with Crippen LogP contribution >= 0.6 is 11.8 Å². The summed E-state index contributed by atoms with van der Waals surface area (Å²) in [5.41, 5.74) is 0. The number of thioether (sulfide) groups is 1. The van der Waals surface area contributed by atoms with Crippen LogP contribution in [-0.2, 0) is 4.74 Å². The molecule has 5 heterocycles. The summed E-state index contributed by atoms with van der Waals surface area (Å²) in [6.07, 6.45) is 2.31. The lowest BCUT2D eigenvalue weighted by Gasteiger charge is -2.59. The number of alkyl halides is 2. The van der Waals surface area contributed by atoms with Gasteiger partial charge in [0.2, 0.25) is 0 Å². The molecule has 7 fully saturated rings. The van der Waals surface area contributed by atoms with E-state index in [-0.39, 0.29) is 53.7 Å². The molecule has 2 amide bonds. The molecule has 13 heteroatoms. The van der Waals surface area contributed by atoms with Crippen molar-refractivity contribution in [1.82, 2.24) is 41.3 Å². The number of nitrogens with zero attached hydrogens (tertiary/aromatic N) is 3. The van der Waals surface area contributed by atoms with E-state index < -0.39 is 24.3 Å². The second-order valence-electron chi connectivity index (χ2n) is 14.3. The maximum atomic E-state index is 16.6. The number of urea groups is 1. The third-order valence-corrected chi connectivity index (χ3v) is 12.7. The molecule has 2 saturated carbocycles. The van der Waals surface area contributed by atoms with Crippen molar-refractivity contribution in [2.24, 2.45) is 17.8 Å². The molecule has 7 aliphatic rings. The maximum absolute atomic E-state index is 16.6. The van der Waals surface area contributed by atoms with Crippen molar-refractivity contribution in [2.75, 3.05) is 45.4 Å². The molecule has 248 valence electrons. The van der Waals surface area contributed by atoms with Gasteiger partial charge in [-0.1, -0.05) is 19.9 Å². The molecule has 5 N–H and O–H groups in total. The number of piperidine rings is 1. The third kappa shape index (κ3) is 5.82. The van der Waals surface area contributed by atoms with Gasteiger partial charge in [-0.25, -0.2) is 13.6 Å². The lowest BCUT2D eigenvalue weighted by molar-refractivity contribution is -0.0878. The maximum Gasteiger partial charge on any atom is 0.320 e. The van der Waals surface area contributed by atoms with Gasteiger partial charge in [0, 0.05) is 74.1 Å². The van der Waals surface area contributed by atoms with Gasteiger partial charge >= 0.3 is 6.03 Å². The van der Waals surface area contributed by atoms with Crippen molar-refractivity contribution in [1.29, 1.82) is 0 Å². The summed E-state index contributed by atoms with van der Waals surface area (Å²) in [7, 11) is 0. The van der Waals surface area contributed by atoms with Crippen LogP contribution in [0.3, 0.4) is 0 Å². The number of halogens is 2. The first-order valence-corrected chi connectivity index (χ1v) is 18.1. The molecule has 0 aromatic rings. The van der Waals surface area contributed by atoms with Crippen LogP contribution in [-0.4, -0.2) is 132 Å². The summed E-state index contributed by atoms with van der Waals surface area (Å²) in [6.45, 7) is 12.3. The van der Waals surface area contributed by atoms with E-state index >= 15 is 8.78 Å². The predicted molar refractivity (Wildman–Crippen MR) is 168 cm³/mol. The molecule has 0 aromatic heterocycles. The summed E-state index contributed by atoms with van der Waals surface area (Å²) in [5, 5.41) is 18.1. The fourth-order valence-corrected chi connectivity index (χ4v) is 10.6. The van der Waals surface area contributed by atoms with Gasteiger partial charge in [-0.05, 0) is 38.0 Å². The highest BCUT2D eigenvalue weighted by Gasteiger charge is 2.60. The molecule has 0 radical (unpaired) electrons. The molecule has 10 nitrogen and oxygen atoms in total. The Morgan fingerprint density at radius 3 is 2.77 bits per heavy atom. The van der Waals surface area contributed by atoms with Crippen molar-refractivity contribution in [3.8, 4) is 0 Å². The van der Waals surface area contributed by atoms with Gasteiger partial charge in [0.25, 0.3) is 0 Å². The van der Waals surface area contributed by atoms with Crippen molar-refractivity contribution in [2.45, 2.75) is 112 Å². The summed E-state index contributed by atoms with van der Waals surface area (Å²) >= 11 is 1.84. The Kier molecular flexibility index (Phi) is 9.47. The molecular formula is C31H52F2N8O2S. The first kappa shape index (κ1) is 31.5. The summed E-state index contributed by atoms with van der Waals surface area (Å²) in [4.78, 5) is 21.2. The fourth-order valence-electron chi connectivity index (χ4n) is 9.36. The molecule has 44 heavy (non-hydrogen) atoms. The van der Waals surface area contributed by atoms with Crippen LogP contribution in [0.1, 0.15) is 46.0 Å². The van der Waals surface area contributed by atoms with E-state index in [0.717, 1.165) is 44.6 Å². The number of piperazine rings is 1. The number of ether oxygens (including phenoxy) is 1. The van der Waals surface area contributed by atoms with E-state index in [9.17, 15) is 4.79 Å². The van der Waals surface area contributed by atoms with Gasteiger partial charge in [0.1, 0.15) is 12.3 Å². The van der Waals surface area contributed by atoms with Crippen LogP contribution in [0.15, 0.2) is 12.7 Å². The van der Waals surface area contributed by atoms with Crippen LogP contribution in [0, 0.1) is 17.8 Å². The average Bonchev–Trinajstić information content (AvgIpc) is 3.81. The topological polar surface area (TPSA) is 96.2 Å². The number of carbonyl (C=O) groups excluding carboxylic acids is 1. The van der Waals surface area contributed by atoms with Crippen LogP contribution in [0.2, 0.25) is 0 Å². The number of fused-ring (bicyclic) bond motifs is 6. The third-order valence-electron chi connectivity index (χ3n) is 11.4. The Bertz CT molecular complexity index is 1050. The predicted octanol–water partition coefficient (Wildman–Crippen LogP) is 1.61. The number of amides is 2. The zero-order valence-corrected chi connectivity index (χ0v) is 27.0. The Morgan fingerprint density at radius 1 is 1.09 bits per heavy atom. The quantitative estimate of drug-likeness (QED) is 0.220. The Labute approximate surface area is 265 Å². The van der Waals surface area contributed by atoms with E-state index in [4.69, 9.17) is 4.74 Å². The van der Waals surface area contributed by atoms with Crippen LogP contribution < -0.4 is 26.6 Å². The van der Waals surface area contributed by atoms with Crippen molar-refractivity contribution in [3.05, 3.63) is 12.7 Å². The van der Waals surface area contributed by atoms with Crippen LogP contribution in [0.4, 0.5) is 13.6 Å². The van der Waals surface area contributed by atoms with Crippen molar-refractivity contribution in [3.63, 3.8) is 0 Å². The standard InChI is InChI=1S/C31H52F2N8O2S/c1-4-11-43-16-39-9-10-40(23-14-22(23)39)28-18-13-20(33)26-24-19(32)6-5-7-21(24)34-8-12-44-30-27(25(17(2)3)35-15-36-30)41(29(18)37-26)31(42)38-28/h4,17-30,34-37H,1,5-16H2,2-3H3,(H,38,42)/t18?,19?,20?,21?,22-,23+,24?,25?,26?,27?,28?,29?,30?/m1/s1. The van der Waals surface area contributed by atoms with Crippen molar-refractivity contribution >= 4 is 17.8 Å². The lowest BCUT2D eigenvalue weighted by atomic mass is 9.72. The number of nitrogens with one attached hydrogen (secondary N) is 5. The molecule has 2 bridgehead atoms. The minimum atomic E-state index is -1.19. The molecule has 5 aliphatic heterocycles. The van der Waals surface area contributed by atoms with Gasteiger partial charge in [-0.2, -0.15) is 0 Å². The molecule has 7 rings (SSSR count).